The van der Waals surface area contributed by atoms with Gasteiger partial charge < -0.3 is 15.7 Å². The van der Waals surface area contributed by atoms with Gasteiger partial charge in [-0.1, -0.05) is 25.0 Å². The number of nitrogens with zero attached hydrogens (tertiary/aromatic N) is 1. The van der Waals surface area contributed by atoms with Crippen molar-refractivity contribution in [1.29, 1.82) is 0 Å². The number of anilines is 1. The van der Waals surface area contributed by atoms with Gasteiger partial charge in [-0.05, 0) is 30.5 Å². The highest BCUT2D eigenvalue weighted by Gasteiger charge is 2.26. The number of aliphatic hydroxyl groups excluding tert-OH is 1. The number of nitrogens with two attached hydrogens (primary N) is 1. The van der Waals surface area contributed by atoms with Gasteiger partial charge in [-0.2, -0.15) is 0 Å². The predicted molar refractivity (Wildman–Crippen MR) is 75.6 cm³/mol. The second-order valence-electron chi connectivity index (χ2n) is 5.17. The highest BCUT2D eigenvalue weighted by molar-refractivity contribution is 5.79. The lowest BCUT2D eigenvalue weighted by Crippen LogP contribution is -2.41. The Morgan fingerprint density at radius 2 is 2.11 bits per heavy atom. The topological polar surface area (TPSA) is 66.6 Å². The fourth-order valence-electron chi connectivity index (χ4n) is 2.81. The second-order valence-corrected chi connectivity index (χ2v) is 5.17. The van der Waals surface area contributed by atoms with Crippen LogP contribution in [0, 0.1) is 0 Å². The van der Waals surface area contributed by atoms with Gasteiger partial charge in [-0.3, -0.25) is 4.79 Å². The number of benzene rings is 1. The summed E-state index contributed by atoms with van der Waals surface area (Å²) in [5, 5.41) is 9.14. The number of hydrogen-bond donors (Lipinski definition) is 2. The van der Waals surface area contributed by atoms with Crippen molar-refractivity contribution in [3.63, 3.8) is 0 Å². The summed E-state index contributed by atoms with van der Waals surface area (Å²) in [4.78, 5) is 14.2. The van der Waals surface area contributed by atoms with Crippen molar-refractivity contribution in [2.75, 3.05) is 18.9 Å². The van der Waals surface area contributed by atoms with Crippen LogP contribution in [0.4, 0.5) is 5.69 Å². The SMILES string of the molecule is Nc1cccc(CC(=O)N(CCO)C2CCCC2)c1. The van der Waals surface area contributed by atoms with E-state index in [4.69, 9.17) is 10.8 Å². The first-order chi connectivity index (χ1) is 9.20. The molecule has 0 aromatic heterocycles. The molecule has 104 valence electrons. The van der Waals surface area contributed by atoms with E-state index in [9.17, 15) is 4.79 Å². The number of rotatable bonds is 5. The monoisotopic (exact) mass is 262 g/mol. The first-order valence-corrected chi connectivity index (χ1v) is 6.95. The zero-order valence-corrected chi connectivity index (χ0v) is 11.2. The van der Waals surface area contributed by atoms with Crippen LogP contribution in [-0.2, 0) is 11.2 Å². The fraction of sp³-hybridized carbons (Fsp3) is 0.533. The lowest BCUT2D eigenvalue weighted by molar-refractivity contribution is -0.133. The predicted octanol–water partition coefficient (Wildman–Crippen LogP) is 1.57. The number of carbonyl (C=O) groups excluding carboxylic acids is 1. The maximum atomic E-state index is 12.4. The molecule has 0 bridgehead atoms. The molecule has 4 nitrogen and oxygen atoms in total. The van der Waals surface area contributed by atoms with Gasteiger partial charge in [0.15, 0.2) is 0 Å². The molecular formula is C15H22N2O2. The molecule has 4 heteroatoms. The van der Waals surface area contributed by atoms with Crippen molar-refractivity contribution < 1.29 is 9.90 Å². The van der Waals surface area contributed by atoms with E-state index in [0.717, 1.165) is 18.4 Å². The summed E-state index contributed by atoms with van der Waals surface area (Å²) in [5.74, 6) is 0.0894. The van der Waals surface area contributed by atoms with Crippen molar-refractivity contribution in [3.05, 3.63) is 29.8 Å². The fourth-order valence-corrected chi connectivity index (χ4v) is 2.81. The minimum absolute atomic E-state index is 0.0270. The Hall–Kier alpha value is -1.55. The molecule has 1 aliphatic rings. The molecule has 1 amide bonds. The molecule has 1 aliphatic carbocycles. The Bertz CT molecular complexity index is 428. The first kappa shape index (κ1) is 13.9. The summed E-state index contributed by atoms with van der Waals surface area (Å²) >= 11 is 0. The lowest BCUT2D eigenvalue weighted by atomic mass is 10.1. The molecule has 0 radical (unpaired) electrons. The molecule has 19 heavy (non-hydrogen) atoms. The van der Waals surface area contributed by atoms with Crippen LogP contribution in [0.15, 0.2) is 24.3 Å². The second kappa shape index (κ2) is 6.57. The third-order valence-corrected chi connectivity index (χ3v) is 3.73. The molecule has 1 aromatic carbocycles. The summed E-state index contributed by atoms with van der Waals surface area (Å²) in [6.45, 7) is 0.463. The Morgan fingerprint density at radius 3 is 2.74 bits per heavy atom. The van der Waals surface area contributed by atoms with Crippen LogP contribution >= 0.6 is 0 Å². The minimum atomic E-state index is 0.0270. The number of hydrogen-bond acceptors (Lipinski definition) is 3. The van der Waals surface area contributed by atoms with E-state index in [0.29, 0.717) is 24.7 Å². The van der Waals surface area contributed by atoms with E-state index in [1.165, 1.54) is 12.8 Å². The maximum Gasteiger partial charge on any atom is 0.227 e. The van der Waals surface area contributed by atoms with Gasteiger partial charge in [0, 0.05) is 18.3 Å². The van der Waals surface area contributed by atoms with E-state index in [-0.39, 0.29) is 12.5 Å². The van der Waals surface area contributed by atoms with Crippen LogP contribution in [0.3, 0.4) is 0 Å². The molecule has 0 heterocycles. The molecule has 0 saturated heterocycles. The number of nitrogen functional groups attached to an aromatic ring is 1. The van der Waals surface area contributed by atoms with Gasteiger partial charge in [0.2, 0.25) is 5.91 Å². The van der Waals surface area contributed by atoms with E-state index in [1.54, 1.807) is 0 Å². The first-order valence-electron chi connectivity index (χ1n) is 6.95. The van der Waals surface area contributed by atoms with E-state index in [1.807, 2.05) is 29.2 Å². The molecular weight excluding hydrogens is 240 g/mol. The van der Waals surface area contributed by atoms with Crippen LogP contribution in [0.2, 0.25) is 0 Å². The van der Waals surface area contributed by atoms with Gasteiger partial charge >= 0.3 is 0 Å². The smallest absolute Gasteiger partial charge is 0.227 e. The number of amides is 1. The Labute approximate surface area is 114 Å². The summed E-state index contributed by atoms with van der Waals surface area (Å²) < 4.78 is 0. The summed E-state index contributed by atoms with van der Waals surface area (Å²) in [6.07, 6.45) is 4.84. The lowest BCUT2D eigenvalue weighted by Gasteiger charge is -2.28. The van der Waals surface area contributed by atoms with Gasteiger partial charge in [0.1, 0.15) is 0 Å². The van der Waals surface area contributed by atoms with Crippen molar-refractivity contribution in [3.8, 4) is 0 Å². The molecule has 0 unspecified atom stereocenters. The van der Waals surface area contributed by atoms with Crippen molar-refractivity contribution in [2.45, 2.75) is 38.1 Å². The Kier molecular flexibility index (Phi) is 4.80. The molecule has 2 rings (SSSR count). The van der Waals surface area contributed by atoms with Gasteiger partial charge in [-0.25, -0.2) is 0 Å². The van der Waals surface area contributed by atoms with Crippen molar-refractivity contribution >= 4 is 11.6 Å². The summed E-state index contributed by atoms with van der Waals surface area (Å²) in [6, 6.07) is 7.74. The zero-order valence-electron chi connectivity index (χ0n) is 11.2. The van der Waals surface area contributed by atoms with Gasteiger partial charge in [0.25, 0.3) is 0 Å². The molecule has 1 aromatic rings. The van der Waals surface area contributed by atoms with Crippen LogP contribution in [0.25, 0.3) is 0 Å². The average molecular weight is 262 g/mol. The highest BCUT2D eigenvalue weighted by Crippen LogP contribution is 2.24. The molecule has 1 fully saturated rings. The minimum Gasteiger partial charge on any atom is -0.399 e. The molecule has 3 N–H and O–H groups in total. The third-order valence-electron chi connectivity index (χ3n) is 3.73. The third kappa shape index (κ3) is 3.70. The number of carbonyl (C=O) groups is 1. The largest absolute Gasteiger partial charge is 0.399 e. The summed E-state index contributed by atoms with van der Waals surface area (Å²) in [7, 11) is 0. The standard InChI is InChI=1S/C15H22N2O2/c16-13-5-3-4-12(10-13)11-15(19)17(8-9-18)14-6-1-2-7-14/h3-5,10,14,18H,1-2,6-9,11,16H2. The van der Waals surface area contributed by atoms with Crippen molar-refractivity contribution in [1.82, 2.24) is 4.90 Å². The van der Waals surface area contributed by atoms with Crippen LogP contribution in [0.5, 0.6) is 0 Å². The van der Waals surface area contributed by atoms with E-state index < -0.39 is 0 Å². The Balaban J connectivity index is 2.02. The van der Waals surface area contributed by atoms with Gasteiger partial charge in [-0.15, -0.1) is 0 Å². The van der Waals surface area contributed by atoms with Crippen LogP contribution in [-0.4, -0.2) is 35.1 Å². The summed E-state index contributed by atoms with van der Waals surface area (Å²) in [5.41, 5.74) is 7.34. The Morgan fingerprint density at radius 1 is 1.37 bits per heavy atom. The van der Waals surface area contributed by atoms with E-state index in [2.05, 4.69) is 0 Å². The van der Waals surface area contributed by atoms with Gasteiger partial charge in [0.05, 0.1) is 13.0 Å². The highest BCUT2D eigenvalue weighted by atomic mass is 16.3. The maximum absolute atomic E-state index is 12.4. The molecule has 0 spiro atoms. The van der Waals surface area contributed by atoms with E-state index >= 15 is 0 Å². The van der Waals surface area contributed by atoms with Crippen LogP contribution < -0.4 is 5.73 Å². The molecule has 0 atom stereocenters. The zero-order chi connectivity index (χ0) is 13.7. The number of aliphatic hydroxyl groups is 1. The normalized spacial score (nSPS) is 15.6. The van der Waals surface area contributed by atoms with Crippen molar-refractivity contribution in [2.24, 2.45) is 0 Å². The molecule has 0 aliphatic heterocycles. The quantitative estimate of drug-likeness (QED) is 0.792. The van der Waals surface area contributed by atoms with Crippen LogP contribution in [0.1, 0.15) is 31.2 Å². The molecule has 1 saturated carbocycles. The average Bonchev–Trinajstić information content (AvgIpc) is 2.89.